The van der Waals surface area contributed by atoms with Crippen molar-refractivity contribution in [3.8, 4) is 0 Å². The first-order chi connectivity index (χ1) is 21.8. The molecule has 1 aliphatic heterocycles. The Morgan fingerprint density at radius 2 is 0.979 bits per heavy atom. The van der Waals surface area contributed by atoms with Crippen LogP contribution < -0.4 is 14.8 Å². The molecule has 0 spiro atoms. The van der Waals surface area contributed by atoms with Crippen molar-refractivity contribution >= 4 is 39.1 Å². The van der Waals surface area contributed by atoms with Crippen LogP contribution in [0.5, 0.6) is 0 Å². The number of carbonyl (C=O) groups is 1. The van der Waals surface area contributed by atoms with E-state index in [9.17, 15) is 4.79 Å². The summed E-state index contributed by atoms with van der Waals surface area (Å²) in [5, 5.41) is 2.50. The number of fused-ring (bicyclic) bond motifs is 3. The first kappa shape index (κ1) is 36.5. The molecule has 1 aliphatic rings. The molecule has 5 aromatic rings. The molecule has 1 aromatic heterocycles. The van der Waals surface area contributed by atoms with Crippen molar-refractivity contribution in [2.75, 3.05) is 16.3 Å². The molecule has 4 aromatic carbocycles. The van der Waals surface area contributed by atoms with Gasteiger partial charge in [0.15, 0.2) is 0 Å². The second-order valence-electron chi connectivity index (χ2n) is 14.6. The van der Waals surface area contributed by atoms with Crippen molar-refractivity contribution in [1.29, 1.82) is 0 Å². The minimum absolute atomic E-state index is 0. The van der Waals surface area contributed by atoms with Crippen molar-refractivity contribution in [2.24, 2.45) is 5.41 Å². The Kier molecular flexibility index (Phi) is 11.5. The van der Waals surface area contributed by atoms with Gasteiger partial charge in [0, 0.05) is 40.3 Å². The molecule has 2 heterocycles. The quantitative estimate of drug-likeness (QED) is 0.127. The number of hydrogen-bond acceptors (Lipinski definition) is 2. The monoisotopic (exact) mass is 810 g/mol. The molecule has 253 valence electrons. The summed E-state index contributed by atoms with van der Waals surface area (Å²) < 4.78 is 0. The van der Waals surface area contributed by atoms with Crippen LogP contribution in [-0.4, -0.2) is 12.5 Å². The molecule has 0 bridgehead atoms. The second-order valence-corrected chi connectivity index (χ2v) is 14.6. The van der Waals surface area contributed by atoms with Gasteiger partial charge in [-0.3, -0.25) is 4.79 Å². The molecule has 0 unspecified atom stereocenters. The van der Waals surface area contributed by atoms with E-state index in [1.165, 1.54) is 38.7 Å². The van der Waals surface area contributed by atoms with E-state index >= 15 is 0 Å². The van der Waals surface area contributed by atoms with E-state index < -0.39 is 5.41 Å². The number of nitrogens with zero attached hydrogens (tertiary/aromatic N) is 3. The van der Waals surface area contributed by atoms with Crippen molar-refractivity contribution in [2.45, 2.75) is 92.9 Å². The van der Waals surface area contributed by atoms with Gasteiger partial charge in [-0.05, 0) is 70.5 Å². The Morgan fingerprint density at radius 1 is 0.596 bits per heavy atom. The van der Waals surface area contributed by atoms with Crippen LogP contribution in [0, 0.1) is 12.1 Å². The van der Waals surface area contributed by atoms with Crippen LogP contribution in [0.2, 0.25) is 0 Å². The molecule has 47 heavy (non-hydrogen) atoms. The predicted octanol–water partition coefficient (Wildman–Crippen LogP) is 11.1. The Labute approximate surface area is 298 Å². The van der Waals surface area contributed by atoms with Gasteiger partial charge in [-0.25, -0.2) is 0 Å². The van der Waals surface area contributed by atoms with Crippen LogP contribution in [0.15, 0.2) is 84.9 Å². The summed E-state index contributed by atoms with van der Waals surface area (Å²) in [5.74, 6) is 1.62. The summed E-state index contributed by atoms with van der Waals surface area (Å²) >= 11 is 0. The van der Waals surface area contributed by atoms with Gasteiger partial charge in [0.1, 0.15) is 0 Å². The largest absolute Gasteiger partial charge is 0.657 e. The van der Waals surface area contributed by atoms with E-state index in [2.05, 4.69) is 159 Å². The first-order valence-electron chi connectivity index (χ1n) is 16.9. The Morgan fingerprint density at radius 3 is 1.38 bits per heavy atom. The molecule has 0 N–H and O–H groups in total. The zero-order chi connectivity index (χ0) is 33.3. The second kappa shape index (κ2) is 14.8. The number of aromatic nitrogens is 1. The molecule has 0 saturated carbocycles. The maximum absolute atomic E-state index is 13.9. The van der Waals surface area contributed by atoms with Gasteiger partial charge in [0.05, 0.1) is 5.41 Å². The number of amides is 1. The molecule has 0 aliphatic carbocycles. The summed E-state index contributed by atoms with van der Waals surface area (Å²) in [4.78, 5) is 22.7. The zero-order valence-corrected chi connectivity index (χ0v) is 31.9. The fourth-order valence-corrected chi connectivity index (χ4v) is 6.71. The Hall–Kier alpha value is -3.31. The van der Waals surface area contributed by atoms with E-state index in [4.69, 9.17) is 0 Å². The van der Waals surface area contributed by atoms with E-state index in [1.807, 2.05) is 17.0 Å². The smallest absolute Gasteiger partial charge is 0.206 e. The summed E-state index contributed by atoms with van der Waals surface area (Å²) in [6.45, 7) is 24.8. The standard InChI is InChI=1S/C30H43N2O.C12H8N.Au/c1-19(2)23-13-11-14-24(20(3)4)27(23)31-17-30(9,10)29(33)32(18-31)28-25(21(5)6)15-12-16-26(28)22(7)8;1-3-7-11-9(5-1)10-6-2-4-8-12(10)13-11;/h11-16,18-22H,17H2,1-10H3;1-8H;/q2*-1;. The van der Waals surface area contributed by atoms with Gasteiger partial charge in [0.25, 0.3) is 0 Å². The predicted molar refractivity (Wildman–Crippen MR) is 197 cm³/mol. The molecule has 1 fully saturated rings. The number of benzene rings is 4. The van der Waals surface area contributed by atoms with Crippen LogP contribution in [0.3, 0.4) is 0 Å². The third kappa shape index (κ3) is 7.41. The minimum atomic E-state index is -0.509. The zero-order valence-electron chi connectivity index (χ0n) is 29.7. The van der Waals surface area contributed by atoms with Crippen LogP contribution in [0.4, 0.5) is 11.4 Å². The molecule has 1 amide bonds. The summed E-state index contributed by atoms with van der Waals surface area (Å²) in [6.07, 6.45) is 0. The van der Waals surface area contributed by atoms with Gasteiger partial charge in [-0.2, -0.15) is 0 Å². The average Bonchev–Trinajstić information content (AvgIpc) is 3.40. The van der Waals surface area contributed by atoms with E-state index in [0.29, 0.717) is 30.2 Å². The van der Waals surface area contributed by atoms with Crippen LogP contribution >= 0.6 is 0 Å². The SMILES string of the molecule is CC(C)c1cccc(C(C)C)c1N1[CH-]N(c2c(C(C)C)cccc2C(C)C)C(=O)C(C)(C)C1.[Au].c1ccc2c(c1)[n-]c1ccccc12. The first-order valence-corrected chi connectivity index (χ1v) is 16.9. The maximum Gasteiger partial charge on any atom is 0.206 e. The average molecular weight is 811 g/mol. The van der Waals surface area contributed by atoms with Crippen LogP contribution in [0.1, 0.15) is 115 Å². The number of anilines is 2. The normalized spacial score (nSPS) is 14.7. The van der Waals surface area contributed by atoms with Crippen molar-refractivity contribution in [3.05, 3.63) is 114 Å². The molecule has 6 rings (SSSR count). The van der Waals surface area contributed by atoms with Crippen LogP contribution in [0.25, 0.3) is 21.8 Å². The summed E-state index contributed by atoms with van der Waals surface area (Å²) in [5.41, 5.74) is 9.12. The summed E-state index contributed by atoms with van der Waals surface area (Å²) in [6, 6.07) is 29.6. The number of para-hydroxylation sites is 4. The summed E-state index contributed by atoms with van der Waals surface area (Å²) in [7, 11) is 0. The van der Waals surface area contributed by atoms with E-state index in [-0.39, 0.29) is 28.3 Å². The molecular formula is C42H51AuN3O-2. The molecule has 1 saturated heterocycles. The Balaban J connectivity index is 0.000000294. The van der Waals surface area contributed by atoms with Crippen molar-refractivity contribution in [1.82, 2.24) is 4.98 Å². The Bertz CT molecular complexity index is 1730. The van der Waals surface area contributed by atoms with E-state index in [0.717, 1.165) is 16.7 Å². The third-order valence-corrected chi connectivity index (χ3v) is 9.17. The van der Waals surface area contributed by atoms with E-state index in [1.54, 1.807) is 0 Å². The molecule has 1 radical (unpaired) electrons. The topological polar surface area (TPSA) is 37.7 Å². The fourth-order valence-electron chi connectivity index (χ4n) is 6.71. The number of hydrogen-bond donors (Lipinski definition) is 0. The van der Waals surface area contributed by atoms with Crippen LogP contribution in [-0.2, 0) is 27.2 Å². The van der Waals surface area contributed by atoms with Gasteiger partial charge < -0.3 is 14.8 Å². The molecule has 4 nitrogen and oxygen atoms in total. The van der Waals surface area contributed by atoms with Gasteiger partial charge in [-0.1, -0.05) is 140 Å². The number of rotatable bonds is 6. The molecule has 0 atom stereocenters. The fraction of sp³-hybridized carbons (Fsp3) is 0.381. The third-order valence-electron chi connectivity index (χ3n) is 9.17. The van der Waals surface area contributed by atoms with Gasteiger partial charge in [-0.15, -0.1) is 17.7 Å². The molecule has 5 heteroatoms. The van der Waals surface area contributed by atoms with Crippen molar-refractivity contribution < 1.29 is 27.2 Å². The van der Waals surface area contributed by atoms with Gasteiger partial charge in [0.2, 0.25) is 5.91 Å². The minimum Gasteiger partial charge on any atom is -0.657 e. The number of carbonyl (C=O) groups excluding carboxylic acids is 1. The van der Waals surface area contributed by atoms with Crippen molar-refractivity contribution in [3.63, 3.8) is 0 Å². The molecular weight excluding hydrogens is 759 g/mol. The van der Waals surface area contributed by atoms with Gasteiger partial charge >= 0.3 is 0 Å². The maximum atomic E-state index is 13.9.